The van der Waals surface area contributed by atoms with Gasteiger partial charge in [0.25, 0.3) is 0 Å². The highest BCUT2D eigenvalue weighted by Gasteiger charge is 2.09. The molecule has 1 atom stereocenters. The van der Waals surface area contributed by atoms with E-state index in [1.54, 1.807) is 7.11 Å². The summed E-state index contributed by atoms with van der Waals surface area (Å²) in [4.78, 5) is 11.7. The Morgan fingerprint density at radius 1 is 1.25 bits per heavy atom. The van der Waals surface area contributed by atoms with Gasteiger partial charge in [-0.05, 0) is 31.4 Å². The summed E-state index contributed by atoms with van der Waals surface area (Å²) in [5, 5.41) is 3.00. The van der Waals surface area contributed by atoms with Gasteiger partial charge in [0, 0.05) is 19.6 Å². The van der Waals surface area contributed by atoms with Gasteiger partial charge in [0.05, 0.1) is 19.8 Å². The van der Waals surface area contributed by atoms with Crippen molar-refractivity contribution in [1.82, 2.24) is 5.32 Å². The fourth-order valence-electron chi connectivity index (χ4n) is 1.98. The smallest absolute Gasteiger partial charge is 0.222 e. The fourth-order valence-corrected chi connectivity index (χ4v) is 1.98. The maximum absolute atomic E-state index is 11.7. The molecule has 4 nitrogen and oxygen atoms in total. The molecule has 0 aliphatic heterocycles. The Balaban J connectivity index is 2.23. The van der Waals surface area contributed by atoms with Gasteiger partial charge >= 0.3 is 0 Å². The van der Waals surface area contributed by atoms with Crippen LogP contribution in [0.4, 0.5) is 0 Å². The second-order valence-corrected chi connectivity index (χ2v) is 4.95. The molecule has 0 aliphatic carbocycles. The minimum atomic E-state index is 0.0310. The summed E-state index contributed by atoms with van der Waals surface area (Å²) in [5.41, 5.74) is 2.54. The summed E-state index contributed by atoms with van der Waals surface area (Å²) < 4.78 is 10.1. The highest BCUT2D eigenvalue weighted by Crippen LogP contribution is 2.09. The largest absolute Gasteiger partial charge is 0.382 e. The summed E-state index contributed by atoms with van der Waals surface area (Å²) in [7, 11) is 1.63. The molecule has 0 saturated carbocycles. The van der Waals surface area contributed by atoms with E-state index in [1.807, 2.05) is 19.1 Å². The van der Waals surface area contributed by atoms with Gasteiger partial charge in [-0.3, -0.25) is 4.79 Å². The lowest BCUT2D eigenvalue weighted by Gasteiger charge is -2.15. The molecule has 4 heteroatoms. The Kier molecular flexibility index (Phi) is 7.92. The monoisotopic (exact) mass is 279 g/mol. The molecule has 0 spiro atoms. The molecule has 1 unspecified atom stereocenters. The summed E-state index contributed by atoms with van der Waals surface area (Å²) in [5.74, 6) is 0.0310. The van der Waals surface area contributed by atoms with E-state index in [-0.39, 0.29) is 11.9 Å². The molecule has 0 aromatic heterocycles. The van der Waals surface area contributed by atoms with Crippen molar-refractivity contribution in [3.05, 3.63) is 35.4 Å². The molecular formula is C16H25NO3. The van der Waals surface area contributed by atoms with Gasteiger partial charge in [-0.25, -0.2) is 0 Å². The van der Waals surface area contributed by atoms with Crippen molar-refractivity contribution in [2.45, 2.75) is 32.7 Å². The van der Waals surface area contributed by atoms with Crippen LogP contribution >= 0.6 is 0 Å². The SMILES string of the molecule is COCCOCCC(=O)NC(C)Cc1ccccc1C. The molecule has 0 aliphatic rings. The van der Waals surface area contributed by atoms with E-state index in [9.17, 15) is 4.79 Å². The van der Waals surface area contributed by atoms with Gasteiger partial charge in [-0.15, -0.1) is 0 Å². The van der Waals surface area contributed by atoms with Crippen LogP contribution in [0, 0.1) is 6.92 Å². The number of nitrogens with one attached hydrogen (secondary N) is 1. The fraction of sp³-hybridized carbons (Fsp3) is 0.562. The van der Waals surface area contributed by atoms with Gasteiger partial charge < -0.3 is 14.8 Å². The third-order valence-corrected chi connectivity index (χ3v) is 3.10. The number of carbonyl (C=O) groups is 1. The van der Waals surface area contributed by atoms with Crippen LogP contribution in [-0.4, -0.2) is 38.9 Å². The van der Waals surface area contributed by atoms with Crippen LogP contribution in [0.3, 0.4) is 0 Å². The van der Waals surface area contributed by atoms with E-state index in [0.29, 0.717) is 26.2 Å². The molecule has 0 heterocycles. The minimum Gasteiger partial charge on any atom is -0.382 e. The van der Waals surface area contributed by atoms with Crippen molar-refractivity contribution in [3.8, 4) is 0 Å². The van der Waals surface area contributed by atoms with Crippen molar-refractivity contribution in [2.75, 3.05) is 26.9 Å². The molecule has 1 aromatic carbocycles. The van der Waals surface area contributed by atoms with E-state index in [2.05, 4.69) is 24.4 Å². The molecule has 1 rings (SSSR count). The normalized spacial score (nSPS) is 12.2. The Hall–Kier alpha value is -1.39. The molecule has 20 heavy (non-hydrogen) atoms. The number of methoxy groups -OCH3 is 1. The van der Waals surface area contributed by atoms with Crippen LogP contribution in [0.5, 0.6) is 0 Å². The lowest BCUT2D eigenvalue weighted by atomic mass is 10.0. The maximum Gasteiger partial charge on any atom is 0.222 e. The second kappa shape index (κ2) is 9.50. The number of rotatable bonds is 9. The molecule has 0 radical (unpaired) electrons. The number of ether oxygens (including phenoxy) is 2. The Morgan fingerprint density at radius 2 is 2.00 bits per heavy atom. The van der Waals surface area contributed by atoms with Crippen LogP contribution in [-0.2, 0) is 20.7 Å². The van der Waals surface area contributed by atoms with Gasteiger partial charge in [-0.1, -0.05) is 24.3 Å². The van der Waals surface area contributed by atoms with Crippen LogP contribution < -0.4 is 5.32 Å². The first-order chi connectivity index (χ1) is 9.63. The summed E-state index contributed by atoms with van der Waals surface area (Å²) in [6.45, 7) is 5.64. The predicted molar refractivity (Wildman–Crippen MR) is 79.8 cm³/mol. The molecule has 0 bridgehead atoms. The third-order valence-electron chi connectivity index (χ3n) is 3.10. The maximum atomic E-state index is 11.7. The average molecular weight is 279 g/mol. The lowest BCUT2D eigenvalue weighted by Crippen LogP contribution is -2.34. The van der Waals surface area contributed by atoms with E-state index in [1.165, 1.54) is 11.1 Å². The molecule has 1 amide bonds. The standard InChI is InChI=1S/C16H25NO3/c1-13-6-4-5-7-15(13)12-14(2)17-16(18)8-9-20-11-10-19-3/h4-7,14H,8-12H2,1-3H3,(H,17,18). The number of amides is 1. The highest BCUT2D eigenvalue weighted by atomic mass is 16.5. The van der Waals surface area contributed by atoms with Crippen LogP contribution in [0.25, 0.3) is 0 Å². The molecule has 112 valence electrons. The van der Waals surface area contributed by atoms with Crippen LogP contribution in [0.1, 0.15) is 24.5 Å². The van der Waals surface area contributed by atoms with Crippen molar-refractivity contribution < 1.29 is 14.3 Å². The number of aryl methyl sites for hydroxylation is 1. The number of carbonyl (C=O) groups excluding carboxylic acids is 1. The van der Waals surface area contributed by atoms with E-state index >= 15 is 0 Å². The summed E-state index contributed by atoms with van der Waals surface area (Å²) >= 11 is 0. The zero-order valence-electron chi connectivity index (χ0n) is 12.6. The van der Waals surface area contributed by atoms with Gasteiger partial charge in [0.1, 0.15) is 0 Å². The Morgan fingerprint density at radius 3 is 2.70 bits per heavy atom. The average Bonchev–Trinajstić information content (AvgIpc) is 2.41. The van der Waals surface area contributed by atoms with Gasteiger partial charge in [0.15, 0.2) is 0 Å². The lowest BCUT2D eigenvalue weighted by molar-refractivity contribution is -0.122. The van der Waals surface area contributed by atoms with Gasteiger partial charge in [-0.2, -0.15) is 0 Å². The molecule has 0 fully saturated rings. The van der Waals surface area contributed by atoms with Crippen molar-refractivity contribution in [3.63, 3.8) is 0 Å². The minimum absolute atomic E-state index is 0.0310. The molecule has 1 aromatic rings. The van der Waals surface area contributed by atoms with Crippen LogP contribution in [0.2, 0.25) is 0 Å². The molecule has 0 saturated heterocycles. The first kappa shape index (κ1) is 16.7. The van der Waals surface area contributed by atoms with Crippen molar-refractivity contribution >= 4 is 5.91 Å². The summed E-state index contributed by atoms with van der Waals surface area (Å²) in [6.07, 6.45) is 1.24. The van der Waals surface area contributed by atoms with Gasteiger partial charge in [0.2, 0.25) is 5.91 Å². The van der Waals surface area contributed by atoms with Crippen molar-refractivity contribution in [1.29, 1.82) is 0 Å². The van der Waals surface area contributed by atoms with E-state index in [4.69, 9.17) is 9.47 Å². The quantitative estimate of drug-likeness (QED) is 0.704. The number of hydrogen-bond acceptors (Lipinski definition) is 3. The molecule has 1 N–H and O–H groups in total. The number of hydrogen-bond donors (Lipinski definition) is 1. The van der Waals surface area contributed by atoms with E-state index < -0.39 is 0 Å². The first-order valence-electron chi connectivity index (χ1n) is 7.04. The highest BCUT2D eigenvalue weighted by molar-refractivity contribution is 5.76. The summed E-state index contributed by atoms with van der Waals surface area (Å²) in [6, 6.07) is 8.38. The molecular weight excluding hydrogens is 254 g/mol. The van der Waals surface area contributed by atoms with E-state index in [0.717, 1.165) is 6.42 Å². The van der Waals surface area contributed by atoms with Crippen LogP contribution in [0.15, 0.2) is 24.3 Å². The second-order valence-electron chi connectivity index (χ2n) is 4.95. The predicted octanol–water partition coefficient (Wildman–Crippen LogP) is 2.10. The zero-order valence-corrected chi connectivity index (χ0v) is 12.6. The number of benzene rings is 1. The van der Waals surface area contributed by atoms with Crippen molar-refractivity contribution in [2.24, 2.45) is 0 Å². The zero-order chi connectivity index (χ0) is 14.8. The Bertz CT molecular complexity index is 406. The Labute approximate surface area is 121 Å². The first-order valence-corrected chi connectivity index (χ1v) is 7.04. The topological polar surface area (TPSA) is 47.6 Å². The third kappa shape index (κ3) is 6.68.